The van der Waals surface area contributed by atoms with Crippen molar-refractivity contribution in [3.05, 3.63) is 18.2 Å². The topological polar surface area (TPSA) is 179 Å². The molecule has 11 nitrogen and oxygen atoms in total. The lowest BCUT2D eigenvalue weighted by molar-refractivity contribution is -0.142. The van der Waals surface area contributed by atoms with Gasteiger partial charge in [-0.05, 0) is 12.8 Å². The molecule has 1 aromatic heterocycles. The molecule has 162 valence electrons. The number of rotatable bonds is 11. The fourth-order valence-electron chi connectivity index (χ4n) is 2.35. The minimum absolute atomic E-state index is 0.0215. The zero-order valence-electron chi connectivity index (χ0n) is 16.5. The number of carboxylic acid groups (broad SMARTS) is 1. The number of nitrogens with zero attached hydrogens (tertiary/aromatic N) is 1. The Hall–Kier alpha value is -2.60. The molecular weight excluding hydrogens is 400 g/mol. The quantitative estimate of drug-likeness (QED) is 0.208. The van der Waals surface area contributed by atoms with Gasteiger partial charge in [0.1, 0.15) is 18.1 Å². The Kier molecular flexibility index (Phi) is 9.62. The van der Waals surface area contributed by atoms with Crippen LogP contribution in [0.25, 0.3) is 0 Å². The first-order valence-electron chi connectivity index (χ1n) is 9.04. The van der Waals surface area contributed by atoms with E-state index in [1.54, 1.807) is 20.0 Å². The second kappa shape index (κ2) is 11.4. The monoisotopic (exact) mass is 428 g/mol. The number of thiol groups is 1. The van der Waals surface area contributed by atoms with Crippen LogP contribution in [0, 0.1) is 5.92 Å². The molecule has 0 aliphatic rings. The van der Waals surface area contributed by atoms with E-state index < -0.39 is 47.9 Å². The molecule has 4 unspecified atom stereocenters. The molecule has 0 radical (unpaired) electrons. The number of carbonyl (C=O) groups is 4. The van der Waals surface area contributed by atoms with Crippen LogP contribution >= 0.6 is 12.6 Å². The molecule has 0 saturated carbocycles. The predicted octanol–water partition coefficient (Wildman–Crippen LogP) is -1.58. The Morgan fingerprint density at radius 2 is 1.79 bits per heavy atom. The van der Waals surface area contributed by atoms with Crippen LogP contribution in [-0.4, -0.2) is 68.7 Å². The van der Waals surface area contributed by atoms with Crippen LogP contribution in [0.15, 0.2) is 12.5 Å². The van der Waals surface area contributed by atoms with E-state index in [2.05, 4.69) is 38.5 Å². The van der Waals surface area contributed by atoms with Crippen LogP contribution in [0.1, 0.15) is 26.5 Å². The first kappa shape index (κ1) is 24.4. The Morgan fingerprint density at radius 1 is 1.14 bits per heavy atom. The van der Waals surface area contributed by atoms with E-state index in [1.165, 1.54) is 13.3 Å². The van der Waals surface area contributed by atoms with Crippen molar-refractivity contribution in [3.63, 3.8) is 0 Å². The molecule has 1 heterocycles. The summed E-state index contributed by atoms with van der Waals surface area (Å²) in [5, 5.41) is 16.3. The smallest absolute Gasteiger partial charge is 0.325 e. The summed E-state index contributed by atoms with van der Waals surface area (Å²) in [4.78, 5) is 54.8. The zero-order valence-corrected chi connectivity index (χ0v) is 17.4. The number of carbonyl (C=O) groups excluding carboxylic acids is 3. The Balaban J connectivity index is 2.71. The molecule has 12 heteroatoms. The average molecular weight is 429 g/mol. The van der Waals surface area contributed by atoms with Crippen molar-refractivity contribution in [2.45, 2.75) is 51.4 Å². The van der Waals surface area contributed by atoms with Crippen molar-refractivity contribution in [1.29, 1.82) is 0 Å². The number of aromatic nitrogens is 2. The van der Waals surface area contributed by atoms with E-state index in [4.69, 9.17) is 10.8 Å². The number of aliphatic carboxylic acids is 1. The lowest BCUT2D eigenvalue weighted by atomic mass is 10.0. The zero-order chi connectivity index (χ0) is 22.1. The summed E-state index contributed by atoms with van der Waals surface area (Å²) in [6, 6.07) is -4.03. The minimum Gasteiger partial charge on any atom is -0.480 e. The molecule has 3 amide bonds. The summed E-state index contributed by atoms with van der Waals surface area (Å²) in [5.41, 5.74) is 6.53. The fourth-order valence-corrected chi connectivity index (χ4v) is 2.61. The minimum atomic E-state index is -1.20. The van der Waals surface area contributed by atoms with Crippen LogP contribution < -0.4 is 21.7 Å². The molecule has 1 rings (SSSR count). The maximum absolute atomic E-state index is 12.6. The molecule has 29 heavy (non-hydrogen) atoms. The summed E-state index contributed by atoms with van der Waals surface area (Å²) >= 11 is 4.08. The highest BCUT2D eigenvalue weighted by molar-refractivity contribution is 7.80. The van der Waals surface area contributed by atoms with Gasteiger partial charge in [-0.3, -0.25) is 19.2 Å². The Bertz CT molecular complexity index is 711. The van der Waals surface area contributed by atoms with Crippen molar-refractivity contribution in [2.75, 3.05) is 5.75 Å². The van der Waals surface area contributed by atoms with Crippen LogP contribution in [0.3, 0.4) is 0 Å². The largest absolute Gasteiger partial charge is 0.480 e. The van der Waals surface area contributed by atoms with Gasteiger partial charge in [-0.15, -0.1) is 0 Å². The van der Waals surface area contributed by atoms with Gasteiger partial charge in [0.05, 0.1) is 12.4 Å². The van der Waals surface area contributed by atoms with Gasteiger partial charge in [-0.1, -0.05) is 13.8 Å². The van der Waals surface area contributed by atoms with E-state index in [9.17, 15) is 19.2 Å². The van der Waals surface area contributed by atoms with Crippen molar-refractivity contribution in [1.82, 2.24) is 25.9 Å². The van der Waals surface area contributed by atoms with Gasteiger partial charge in [0.25, 0.3) is 0 Å². The third kappa shape index (κ3) is 7.74. The molecule has 0 aromatic carbocycles. The number of H-pyrrole nitrogens is 1. The maximum atomic E-state index is 12.6. The standard InChI is InChI=1S/C17H28N6O5S/c1-8(2)13(16(26)21-9(3)17(27)28)23-15(25)12(6-29)22-14(24)11(18)4-10-5-19-7-20-10/h5,7-9,11-13,29H,4,6,18H2,1-3H3,(H,19,20)(H,21,26)(H,22,24)(H,23,25)(H,27,28). The molecule has 0 bridgehead atoms. The number of nitrogens with one attached hydrogen (secondary N) is 4. The summed E-state index contributed by atoms with van der Waals surface area (Å²) < 4.78 is 0. The van der Waals surface area contributed by atoms with Crippen molar-refractivity contribution in [3.8, 4) is 0 Å². The highest BCUT2D eigenvalue weighted by Gasteiger charge is 2.30. The first-order chi connectivity index (χ1) is 13.6. The predicted molar refractivity (Wildman–Crippen MR) is 108 cm³/mol. The van der Waals surface area contributed by atoms with Gasteiger partial charge in [0.2, 0.25) is 17.7 Å². The second-order valence-electron chi connectivity index (χ2n) is 6.93. The molecule has 0 fully saturated rings. The molecule has 0 saturated heterocycles. The number of aromatic amines is 1. The Labute approximate surface area is 174 Å². The third-order valence-corrected chi connectivity index (χ3v) is 4.49. The van der Waals surface area contributed by atoms with E-state index in [-0.39, 0.29) is 18.1 Å². The summed E-state index contributed by atoms with van der Waals surface area (Å²) in [6.45, 7) is 4.71. The van der Waals surface area contributed by atoms with Crippen LogP contribution in [0.4, 0.5) is 0 Å². The van der Waals surface area contributed by atoms with Gasteiger partial charge in [0, 0.05) is 24.1 Å². The molecule has 1 aromatic rings. The molecule has 0 aliphatic carbocycles. The van der Waals surface area contributed by atoms with Gasteiger partial charge in [-0.2, -0.15) is 12.6 Å². The number of amides is 3. The first-order valence-corrected chi connectivity index (χ1v) is 9.67. The number of hydrogen-bond donors (Lipinski definition) is 7. The van der Waals surface area contributed by atoms with E-state index >= 15 is 0 Å². The van der Waals surface area contributed by atoms with E-state index in [1.807, 2.05) is 0 Å². The summed E-state index contributed by atoms with van der Waals surface area (Å²) in [7, 11) is 0. The highest BCUT2D eigenvalue weighted by atomic mass is 32.1. The number of nitrogens with two attached hydrogens (primary N) is 1. The van der Waals surface area contributed by atoms with Crippen molar-refractivity contribution < 1.29 is 24.3 Å². The maximum Gasteiger partial charge on any atom is 0.325 e. The summed E-state index contributed by atoms with van der Waals surface area (Å²) in [5.74, 6) is -3.36. The SMILES string of the molecule is CC(NC(=O)C(NC(=O)C(CS)NC(=O)C(N)Cc1cnc[nH]1)C(C)C)C(=O)O. The number of hydrogen-bond acceptors (Lipinski definition) is 7. The fraction of sp³-hybridized carbons (Fsp3) is 0.588. The molecular formula is C17H28N6O5S. The Morgan fingerprint density at radius 3 is 2.28 bits per heavy atom. The molecule has 0 spiro atoms. The van der Waals surface area contributed by atoms with Gasteiger partial charge >= 0.3 is 5.97 Å². The lowest BCUT2D eigenvalue weighted by Gasteiger charge is -2.26. The van der Waals surface area contributed by atoms with E-state index in [0.717, 1.165) is 0 Å². The average Bonchev–Trinajstić information content (AvgIpc) is 3.15. The van der Waals surface area contributed by atoms with Crippen LogP contribution in [0.2, 0.25) is 0 Å². The molecule has 0 aliphatic heterocycles. The van der Waals surface area contributed by atoms with Crippen LogP contribution in [0.5, 0.6) is 0 Å². The van der Waals surface area contributed by atoms with Crippen molar-refractivity contribution in [2.24, 2.45) is 11.7 Å². The molecule has 7 N–H and O–H groups in total. The lowest BCUT2D eigenvalue weighted by Crippen LogP contribution is -2.58. The highest BCUT2D eigenvalue weighted by Crippen LogP contribution is 2.04. The molecule has 4 atom stereocenters. The summed E-state index contributed by atoms with van der Waals surface area (Å²) in [6.07, 6.45) is 3.21. The second-order valence-corrected chi connectivity index (χ2v) is 7.30. The van der Waals surface area contributed by atoms with Crippen molar-refractivity contribution >= 4 is 36.3 Å². The normalized spacial score (nSPS) is 15.1. The number of carboxylic acids is 1. The third-order valence-electron chi connectivity index (χ3n) is 4.12. The van der Waals surface area contributed by atoms with E-state index in [0.29, 0.717) is 5.69 Å². The number of imidazole rings is 1. The van der Waals surface area contributed by atoms with Gasteiger partial charge < -0.3 is 31.8 Å². The van der Waals surface area contributed by atoms with Gasteiger partial charge in [0.15, 0.2) is 0 Å². The van der Waals surface area contributed by atoms with Gasteiger partial charge in [-0.25, -0.2) is 4.98 Å². The van der Waals surface area contributed by atoms with Crippen LogP contribution in [-0.2, 0) is 25.6 Å².